The Morgan fingerprint density at radius 2 is 1.61 bits per heavy atom. The number of rotatable bonds is 5. The Labute approximate surface area is 316 Å². The van der Waals surface area contributed by atoms with Gasteiger partial charge in [-0.05, 0) is 47.0 Å². The van der Waals surface area contributed by atoms with Crippen LogP contribution >= 0.6 is 11.3 Å². The van der Waals surface area contributed by atoms with Crippen molar-refractivity contribution < 1.29 is 30.6 Å². The van der Waals surface area contributed by atoms with Crippen molar-refractivity contribution in [1.82, 2.24) is 14.5 Å². The second kappa shape index (κ2) is 12.0. The zero-order valence-electron chi connectivity index (χ0n) is 29.2. The van der Waals surface area contributed by atoms with Crippen LogP contribution < -0.4 is 5.19 Å². The van der Waals surface area contributed by atoms with Gasteiger partial charge in [0.05, 0.1) is 34.8 Å². The summed E-state index contributed by atoms with van der Waals surface area (Å²) >= 11 is 1.59. The van der Waals surface area contributed by atoms with Crippen molar-refractivity contribution in [1.29, 1.82) is 0 Å². The van der Waals surface area contributed by atoms with Gasteiger partial charge in [0.15, 0.2) is 0 Å². The minimum atomic E-state index is -1.48. The monoisotopic (exact) mass is 881 g/mol. The fraction of sp³-hybridized carbons (Fsp3) is 0.163. The predicted octanol–water partition coefficient (Wildman–Crippen LogP) is 11.3. The molecule has 0 fully saturated rings. The van der Waals surface area contributed by atoms with Crippen LogP contribution in [-0.4, -0.2) is 27.7 Å². The number of para-hydroxylation sites is 2. The molecule has 8 heteroatoms. The van der Waals surface area contributed by atoms with Crippen LogP contribution in [0.5, 0.6) is 5.75 Å². The number of hydrogen-bond donors (Lipinski definition) is 1. The van der Waals surface area contributed by atoms with Crippen molar-refractivity contribution in [3.05, 3.63) is 115 Å². The third kappa shape index (κ3) is 5.36. The van der Waals surface area contributed by atoms with Gasteiger partial charge < -0.3 is 9.52 Å². The molecule has 51 heavy (non-hydrogen) atoms. The van der Waals surface area contributed by atoms with Gasteiger partial charge in [-0.25, -0.2) is 4.98 Å². The van der Waals surface area contributed by atoms with Crippen LogP contribution in [0.2, 0.25) is 19.6 Å². The number of hydrogen-bond acceptors (Lipinski definition) is 5. The predicted molar refractivity (Wildman–Crippen MR) is 211 cm³/mol. The first-order chi connectivity index (χ1) is 24.0. The molecule has 0 aliphatic carbocycles. The van der Waals surface area contributed by atoms with Crippen LogP contribution in [0, 0.1) is 6.07 Å². The molecule has 0 aliphatic rings. The molecule has 5 aromatic carbocycles. The Morgan fingerprint density at radius 3 is 2.33 bits per heavy atom. The van der Waals surface area contributed by atoms with E-state index in [9.17, 15) is 5.11 Å². The fourth-order valence-electron chi connectivity index (χ4n) is 7.16. The van der Waals surface area contributed by atoms with E-state index in [0.29, 0.717) is 11.4 Å². The molecule has 9 rings (SSSR count). The summed E-state index contributed by atoms with van der Waals surface area (Å²) in [4.78, 5) is 10.3. The molecule has 5 nitrogen and oxygen atoms in total. The molecule has 0 aliphatic heterocycles. The topological polar surface area (TPSA) is 64.1 Å². The number of thiophene rings is 1. The average molecular weight is 882 g/mol. The number of aromatic hydroxyl groups is 1. The second-order valence-electron chi connectivity index (χ2n) is 15.2. The van der Waals surface area contributed by atoms with E-state index in [0.717, 1.165) is 70.4 Å². The molecule has 9 aromatic rings. The summed E-state index contributed by atoms with van der Waals surface area (Å²) in [7, 11) is -1.48. The smallest absolute Gasteiger partial charge is 0.148 e. The largest absolute Gasteiger partial charge is 0.506 e. The number of phenolic OH excluding ortho intramolecular Hbond substituents is 1. The zero-order valence-corrected chi connectivity index (χ0v) is 33.3. The Kier molecular flexibility index (Phi) is 7.91. The third-order valence-corrected chi connectivity index (χ3v) is 12.9. The van der Waals surface area contributed by atoms with Gasteiger partial charge >= 0.3 is 0 Å². The molecule has 0 amide bonds. The van der Waals surface area contributed by atoms with E-state index in [4.69, 9.17) is 14.4 Å². The molecule has 256 valence electrons. The second-order valence-corrected chi connectivity index (χ2v) is 21.3. The van der Waals surface area contributed by atoms with Crippen molar-refractivity contribution in [3.8, 4) is 45.2 Å². The third-order valence-electron chi connectivity index (χ3n) is 9.76. The Hall–Kier alpha value is -4.55. The number of fused-ring (bicyclic) bond motifs is 1. The minimum absolute atomic E-state index is 0. The first-order valence-corrected chi connectivity index (χ1v) is 21.3. The first kappa shape index (κ1) is 33.6. The maximum atomic E-state index is 12.0. The first-order valence-electron chi connectivity index (χ1n) is 17.0. The summed E-state index contributed by atoms with van der Waals surface area (Å²) in [6.45, 7) is 13.7. The van der Waals surface area contributed by atoms with Gasteiger partial charge in [-0.3, -0.25) is 9.55 Å². The molecule has 1 N–H and O–H groups in total. The van der Waals surface area contributed by atoms with Crippen LogP contribution in [0.4, 0.5) is 0 Å². The van der Waals surface area contributed by atoms with E-state index in [2.05, 4.69) is 112 Å². The maximum Gasteiger partial charge on any atom is 0.148 e. The summed E-state index contributed by atoms with van der Waals surface area (Å²) in [6, 6.07) is 37.1. The molecule has 0 saturated carbocycles. The minimum Gasteiger partial charge on any atom is -0.506 e. The zero-order chi connectivity index (χ0) is 34.5. The standard InChI is InChI=1S/C43H36N3O2SSi.Pt/c1-43(2,3)31-20-18-25(32-21-19-27(24-44-32)50(4,5)6)22-29(31)28-14-10-15-33-39(28)45-42(46(33)26-12-8-7-9-13-26)30-23-35-38-37-34(48-35)16-11-17-36(37)49-41(38)40(30)47;/h7-21,23-24,47H,1-6H3;/q-1;. The van der Waals surface area contributed by atoms with Gasteiger partial charge in [0.1, 0.15) is 22.7 Å². The van der Waals surface area contributed by atoms with Crippen LogP contribution in [0.15, 0.2) is 108 Å². The molecule has 4 heterocycles. The Balaban J connectivity index is 0.00000374. The SMILES string of the molecule is CC(C)(C)c1ccc(-c2ccc([Si](C)(C)C)cn2)[c-]c1-c1cccc2c1nc(-c1cc3oc4cccc5sc(c1O)c3c45)n2-c1ccccc1.[Pt]. The molecule has 4 aromatic heterocycles. The van der Waals surface area contributed by atoms with Crippen LogP contribution in [0.25, 0.3) is 81.8 Å². The van der Waals surface area contributed by atoms with Crippen molar-refractivity contribution in [2.45, 2.75) is 45.8 Å². The van der Waals surface area contributed by atoms with Crippen molar-refractivity contribution in [2.75, 3.05) is 0 Å². The molecular weight excluding hydrogens is 846 g/mol. The number of benzene rings is 5. The number of pyridine rings is 1. The number of furan rings is 1. The van der Waals surface area contributed by atoms with E-state index in [1.807, 2.05) is 42.6 Å². The van der Waals surface area contributed by atoms with Crippen molar-refractivity contribution in [3.63, 3.8) is 0 Å². The molecule has 0 spiro atoms. The van der Waals surface area contributed by atoms with Crippen LogP contribution in [-0.2, 0) is 26.5 Å². The van der Waals surface area contributed by atoms with Crippen molar-refractivity contribution in [2.24, 2.45) is 0 Å². The summed E-state index contributed by atoms with van der Waals surface area (Å²) in [6.07, 6.45) is 2.04. The summed E-state index contributed by atoms with van der Waals surface area (Å²) in [5.41, 5.74) is 9.78. The molecule has 0 saturated heterocycles. The molecule has 0 bridgehead atoms. The summed E-state index contributed by atoms with van der Waals surface area (Å²) in [5, 5.41) is 15.4. The number of nitrogens with zero attached hydrogens (tertiary/aromatic N) is 3. The van der Waals surface area contributed by atoms with Gasteiger partial charge in [-0.15, -0.1) is 40.7 Å². The normalized spacial score (nSPS) is 12.4. The Bertz CT molecular complexity index is 2730. The molecule has 0 atom stereocenters. The molecule has 0 radical (unpaired) electrons. The quantitative estimate of drug-likeness (QED) is 0.138. The number of imidazole rings is 1. The molecule has 0 unspecified atom stereocenters. The van der Waals surface area contributed by atoms with Crippen molar-refractivity contribution >= 4 is 67.0 Å². The van der Waals surface area contributed by atoms with Gasteiger partial charge in [0.25, 0.3) is 0 Å². The Morgan fingerprint density at radius 1 is 0.824 bits per heavy atom. The van der Waals surface area contributed by atoms with E-state index < -0.39 is 8.07 Å². The van der Waals surface area contributed by atoms with Gasteiger partial charge in [-0.1, -0.05) is 100 Å². The van der Waals surface area contributed by atoms with Gasteiger partial charge in [0.2, 0.25) is 0 Å². The molecular formula is C43H36N3O2PtSSi-. The van der Waals surface area contributed by atoms with E-state index in [1.54, 1.807) is 11.3 Å². The van der Waals surface area contributed by atoms with E-state index >= 15 is 0 Å². The van der Waals surface area contributed by atoms with Gasteiger partial charge in [0, 0.05) is 48.7 Å². The fourth-order valence-corrected chi connectivity index (χ4v) is 9.38. The van der Waals surface area contributed by atoms with Crippen LogP contribution in [0.3, 0.4) is 0 Å². The van der Waals surface area contributed by atoms with Gasteiger partial charge in [-0.2, -0.15) is 0 Å². The summed E-state index contributed by atoms with van der Waals surface area (Å²) < 4.78 is 10.4. The average Bonchev–Trinajstić information content (AvgIpc) is 3.81. The van der Waals surface area contributed by atoms with E-state index in [-0.39, 0.29) is 32.2 Å². The number of phenols is 1. The van der Waals surface area contributed by atoms with Crippen LogP contribution in [0.1, 0.15) is 26.3 Å². The number of aromatic nitrogens is 3. The summed E-state index contributed by atoms with van der Waals surface area (Å²) in [5.74, 6) is 0.865. The maximum absolute atomic E-state index is 12.0. The van der Waals surface area contributed by atoms with E-state index in [1.165, 1.54) is 10.8 Å².